The predicted molar refractivity (Wildman–Crippen MR) is 112 cm³/mol. The van der Waals surface area contributed by atoms with Crippen LogP contribution in [0.3, 0.4) is 0 Å². The van der Waals surface area contributed by atoms with Crippen LogP contribution in [-0.2, 0) is 16.2 Å². The number of methoxy groups -OCH3 is 2. The summed E-state index contributed by atoms with van der Waals surface area (Å²) in [5.41, 5.74) is 2.95. The molecule has 2 aromatic heterocycles. The molecule has 7 nitrogen and oxygen atoms in total. The lowest BCUT2D eigenvalue weighted by molar-refractivity contribution is 0.0567. The highest BCUT2D eigenvalue weighted by atomic mass is 32.1. The molecular weight excluding hydrogens is 392 g/mol. The SMILES string of the molecule is CCOc1ccc(-c2nc(-c3cc(C(=O)OC)n(COC)c3)cs2)cc1OCC. The number of carbonyl (C=O) groups is 1. The van der Waals surface area contributed by atoms with Crippen molar-refractivity contribution in [2.75, 3.05) is 27.4 Å². The number of esters is 1. The molecule has 0 spiro atoms. The normalized spacial score (nSPS) is 10.8. The number of ether oxygens (including phenoxy) is 4. The molecule has 8 heteroatoms. The molecule has 3 aromatic rings. The first kappa shape index (κ1) is 20.9. The predicted octanol–water partition coefficient (Wildman–Crippen LogP) is 4.47. The third-order valence-electron chi connectivity index (χ3n) is 4.15. The first-order valence-electron chi connectivity index (χ1n) is 9.24. The lowest BCUT2D eigenvalue weighted by Gasteiger charge is -2.11. The second kappa shape index (κ2) is 9.58. The van der Waals surface area contributed by atoms with Gasteiger partial charge in [-0.2, -0.15) is 0 Å². The maximum atomic E-state index is 12.0. The van der Waals surface area contributed by atoms with Gasteiger partial charge in [-0.1, -0.05) is 0 Å². The number of hydrogen-bond acceptors (Lipinski definition) is 7. The van der Waals surface area contributed by atoms with Gasteiger partial charge in [0.1, 0.15) is 17.4 Å². The van der Waals surface area contributed by atoms with E-state index in [4.69, 9.17) is 23.9 Å². The molecule has 0 aliphatic carbocycles. The minimum absolute atomic E-state index is 0.248. The van der Waals surface area contributed by atoms with Crippen LogP contribution < -0.4 is 9.47 Å². The Morgan fingerprint density at radius 1 is 1.07 bits per heavy atom. The molecule has 0 N–H and O–H groups in total. The minimum atomic E-state index is -0.420. The van der Waals surface area contributed by atoms with Crippen molar-refractivity contribution >= 4 is 17.3 Å². The quantitative estimate of drug-likeness (QED) is 0.480. The summed E-state index contributed by atoms with van der Waals surface area (Å²) in [6, 6.07) is 7.56. The van der Waals surface area contributed by atoms with E-state index in [0.29, 0.717) is 30.4 Å². The molecule has 2 heterocycles. The third kappa shape index (κ3) is 4.60. The van der Waals surface area contributed by atoms with Gasteiger partial charge in [0, 0.05) is 29.8 Å². The average Bonchev–Trinajstić information content (AvgIpc) is 3.37. The summed E-state index contributed by atoms with van der Waals surface area (Å²) in [6.45, 7) is 5.25. The van der Waals surface area contributed by atoms with Gasteiger partial charge in [0.15, 0.2) is 11.5 Å². The van der Waals surface area contributed by atoms with Crippen LogP contribution in [-0.4, -0.2) is 43.0 Å². The molecule has 0 atom stereocenters. The van der Waals surface area contributed by atoms with Gasteiger partial charge in [-0.15, -0.1) is 11.3 Å². The zero-order chi connectivity index (χ0) is 20.8. The van der Waals surface area contributed by atoms with Crippen LogP contribution in [0.4, 0.5) is 0 Å². The van der Waals surface area contributed by atoms with E-state index in [1.54, 1.807) is 17.7 Å². The van der Waals surface area contributed by atoms with Crippen LogP contribution >= 0.6 is 11.3 Å². The summed E-state index contributed by atoms with van der Waals surface area (Å²) in [6.07, 6.45) is 1.83. The van der Waals surface area contributed by atoms with Gasteiger partial charge >= 0.3 is 5.97 Å². The monoisotopic (exact) mass is 416 g/mol. The summed E-state index contributed by atoms with van der Waals surface area (Å²) in [4.78, 5) is 16.8. The van der Waals surface area contributed by atoms with E-state index in [-0.39, 0.29) is 6.73 Å². The Labute approximate surface area is 173 Å². The van der Waals surface area contributed by atoms with E-state index in [2.05, 4.69) is 0 Å². The van der Waals surface area contributed by atoms with Crippen LogP contribution in [0.1, 0.15) is 24.3 Å². The largest absolute Gasteiger partial charge is 0.490 e. The smallest absolute Gasteiger partial charge is 0.354 e. The van der Waals surface area contributed by atoms with Crippen LogP contribution in [0.25, 0.3) is 21.8 Å². The van der Waals surface area contributed by atoms with E-state index in [1.807, 2.05) is 43.6 Å². The molecule has 0 aliphatic heterocycles. The topological polar surface area (TPSA) is 71.8 Å². The van der Waals surface area contributed by atoms with Crippen molar-refractivity contribution in [2.24, 2.45) is 0 Å². The van der Waals surface area contributed by atoms with Crippen molar-refractivity contribution < 1.29 is 23.7 Å². The lowest BCUT2D eigenvalue weighted by Crippen LogP contribution is -2.10. The number of aromatic nitrogens is 2. The van der Waals surface area contributed by atoms with Crippen molar-refractivity contribution in [3.8, 4) is 33.3 Å². The molecular formula is C21H24N2O5S. The number of nitrogens with zero attached hydrogens (tertiary/aromatic N) is 2. The van der Waals surface area contributed by atoms with Crippen LogP contribution in [0.2, 0.25) is 0 Å². The summed E-state index contributed by atoms with van der Waals surface area (Å²) in [7, 11) is 2.93. The highest BCUT2D eigenvalue weighted by Crippen LogP contribution is 2.36. The molecule has 0 bridgehead atoms. The van der Waals surface area contributed by atoms with Gasteiger partial charge in [0.25, 0.3) is 0 Å². The van der Waals surface area contributed by atoms with Crippen LogP contribution in [0.5, 0.6) is 11.5 Å². The van der Waals surface area contributed by atoms with Crippen molar-refractivity contribution in [3.05, 3.63) is 41.5 Å². The highest BCUT2D eigenvalue weighted by molar-refractivity contribution is 7.13. The zero-order valence-electron chi connectivity index (χ0n) is 16.9. The zero-order valence-corrected chi connectivity index (χ0v) is 17.7. The Morgan fingerprint density at radius 3 is 2.52 bits per heavy atom. The third-order valence-corrected chi connectivity index (χ3v) is 5.04. The molecule has 0 unspecified atom stereocenters. The molecule has 0 amide bonds. The Balaban J connectivity index is 1.93. The Kier molecular flexibility index (Phi) is 6.90. The Morgan fingerprint density at radius 2 is 1.83 bits per heavy atom. The standard InChI is InChI=1S/C21H24N2O5S/c1-5-27-18-8-7-14(10-19(18)28-6-2)20-22-16(12-29-20)15-9-17(21(24)26-4)23(11-15)13-25-3/h7-12H,5-6,13H2,1-4H3. The minimum Gasteiger partial charge on any atom is -0.490 e. The molecule has 29 heavy (non-hydrogen) atoms. The van der Waals surface area contributed by atoms with Gasteiger partial charge in [-0.25, -0.2) is 9.78 Å². The number of carbonyl (C=O) groups excluding carboxylic acids is 1. The maximum absolute atomic E-state index is 12.0. The van der Waals surface area contributed by atoms with Crippen LogP contribution in [0, 0.1) is 0 Å². The van der Waals surface area contributed by atoms with E-state index >= 15 is 0 Å². The van der Waals surface area contributed by atoms with Gasteiger partial charge in [-0.3, -0.25) is 0 Å². The van der Waals surface area contributed by atoms with Crippen LogP contribution in [0.15, 0.2) is 35.8 Å². The van der Waals surface area contributed by atoms with E-state index in [9.17, 15) is 4.79 Å². The van der Waals surface area contributed by atoms with E-state index < -0.39 is 5.97 Å². The van der Waals surface area contributed by atoms with Crippen molar-refractivity contribution in [1.82, 2.24) is 9.55 Å². The molecule has 154 valence electrons. The number of thiazole rings is 1. The van der Waals surface area contributed by atoms with Gasteiger partial charge in [-0.05, 0) is 38.1 Å². The van der Waals surface area contributed by atoms with Crippen molar-refractivity contribution in [1.29, 1.82) is 0 Å². The molecule has 0 radical (unpaired) electrons. The molecule has 0 saturated carbocycles. The first-order valence-corrected chi connectivity index (χ1v) is 10.1. The fraction of sp³-hybridized carbons (Fsp3) is 0.333. The highest BCUT2D eigenvalue weighted by Gasteiger charge is 2.17. The van der Waals surface area contributed by atoms with Crippen molar-refractivity contribution in [2.45, 2.75) is 20.6 Å². The molecule has 1 aromatic carbocycles. The maximum Gasteiger partial charge on any atom is 0.354 e. The summed E-state index contributed by atoms with van der Waals surface area (Å²) >= 11 is 1.52. The molecule has 3 rings (SSSR count). The second-order valence-corrected chi connectivity index (χ2v) is 6.92. The summed E-state index contributed by atoms with van der Waals surface area (Å²) in [5.74, 6) is 0.994. The first-order chi connectivity index (χ1) is 14.1. The van der Waals surface area contributed by atoms with Gasteiger partial charge in [0.2, 0.25) is 0 Å². The summed E-state index contributed by atoms with van der Waals surface area (Å²) in [5, 5.41) is 2.81. The van der Waals surface area contributed by atoms with Crippen molar-refractivity contribution in [3.63, 3.8) is 0 Å². The van der Waals surface area contributed by atoms with Gasteiger partial charge in [0.05, 0.1) is 26.0 Å². The number of rotatable bonds is 9. The second-order valence-electron chi connectivity index (χ2n) is 6.06. The fourth-order valence-electron chi connectivity index (χ4n) is 2.89. The lowest BCUT2D eigenvalue weighted by atomic mass is 10.2. The van der Waals surface area contributed by atoms with E-state index in [1.165, 1.54) is 18.4 Å². The Hall–Kier alpha value is -2.84. The fourth-order valence-corrected chi connectivity index (χ4v) is 3.72. The molecule has 0 aliphatic rings. The average molecular weight is 416 g/mol. The molecule has 0 saturated heterocycles. The Bertz CT molecular complexity index is 979. The van der Waals surface area contributed by atoms with Gasteiger partial charge < -0.3 is 23.5 Å². The van der Waals surface area contributed by atoms with E-state index in [0.717, 1.165) is 21.8 Å². The summed E-state index contributed by atoms with van der Waals surface area (Å²) < 4.78 is 23.1. The molecule has 0 fully saturated rings. The number of benzene rings is 1. The number of hydrogen-bond donors (Lipinski definition) is 0.